The first-order valence-electron chi connectivity index (χ1n) is 7.26. The van der Waals surface area contributed by atoms with E-state index in [0.717, 1.165) is 12.8 Å². The van der Waals surface area contributed by atoms with Crippen LogP contribution in [0.2, 0.25) is 0 Å². The molecule has 1 aliphatic carbocycles. The Labute approximate surface area is 118 Å². The SMILES string of the molecule is COC(=O)C1CCN(C(=O)C2CC(=O)N(C3CC3)C2)C1. The highest BCUT2D eigenvalue weighted by Crippen LogP contribution is 2.33. The summed E-state index contributed by atoms with van der Waals surface area (Å²) in [5.74, 6) is -0.551. The molecule has 0 aromatic carbocycles. The molecule has 1 saturated carbocycles. The van der Waals surface area contributed by atoms with Crippen molar-refractivity contribution in [3.05, 3.63) is 0 Å². The Morgan fingerprint density at radius 3 is 2.55 bits per heavy atom. The Balaban J connectivity index is 1.57. The van der Waals surface area contributed by atoms with E-state index in [4.69, 9.17) is 4.74 Å². The molecule has 0 radical (unpaired) electrons. The Morgan fingerprint density at radius 2 is 1.90 bits per heavy atom. The molecular formula is C14H20N2O4. The Morgan fingerprint density at radius 1 is 1.15 bits per heavy atom. The number of amides is 2. The predicted octanol–water partition coefficient (Wildman–Crippen LogP) is 0.0188. The van der Waals surface area contributed by atoms with Crippen LogP contribution in [0.15, 0.2) is 0 Å². The third-order valence-electron chi connectivity index (χ3n) is 4.53. The summed E-state index contributed by atoms with van der Waals surface area (Å²) in [6.45, 7) is 1.58. The second kappa shape index (κ2) is 5.07. The van der Waals surface area contributed by atoms with E-state index in [-0.39, 0.29) is 29.6 Å². The van der Waals surface area contributed by atoms with Crippen molar-refractivity contribution in [2.24, 2.45) is 11.8 Å². The lowest BCUT2D eigenvalue weighted by atomic mass is 10.1. The fourth-order valence-corrected chi connectivity index (χ4v) is 3.21. The van der Waals surface area contributed by atoms with Crippen molar-refractivity contribution in [3.63, 3.8) is 0 Å². The lowest BCUT2D eigenvalue weighted by molar-refractivity contribution is -0.145. The van der Waals surface area contributed by atoms with Crippen LogP contribution < -0.4 is 0 Å². The van der Waals surface area contributed by atoms with Gasteiger partial charge in [0.2, 0.25) is 11.8 Å². The van der Waals surface area contributed by atoms with E-state index in [0.29, 0.717) is 38.5 Å². The molecule has 2 unspecified atom stereocenters. The summed E-state index contributed by atoms with van der Waals surface area (Å²) in [5.41, 5.74) is 0. The van der Waals surface area contributed by atoms with Crippen LogP contribution in [-0.4, -0.2) is 60.4 Å². The van der Waals surface area contributed by atoms with Crippen LogP contribution in [0.4, 0.5) is 0 Å². The summed E-state index contributed by atoms with van der Waals surface area (Å²) in [7, 11) is 1.37. The van der Waals surface area contributed by atoms with E-state index in [1.165, 1.54) is 7.11 Å². The van der Waals surface area contributed by atoms with Crippen LogP contribution in [0.3, 0.4) is 0 Å². The Bertz CT molecular complexity index is 446. The first-order chi connectivity index (χ1) is 9.60. The second-order valence-electron chi connectivity index (χ2n) is 5.97. The average Bonchev–Trinajstić information content (AvgIpc) is 3.03. The second-order valence-corrected chi connectivity index (χ2v) is 5.97. The third-order valence-corrected chi connectivity index (χ3v) is 4.53. The average molecular weight is 280 g/mol. The lowest BCUT2D eigenvalue weighted by Crippen LogP contribution is -2.37. The molecule has 2 saturated heterocycles. The fraction of sp³-hybridized carbons (Fsp3) is 0.786. The molecule has 0 aromatic heterocycles. The quantitative estimate of drug-likeness (QED) is 0.684. The van der Waals surface area contributed by atoms with Crippen molar-refractivity contribution < 1.29 is 19.1 Å². The summed E-state index contributed by atoms with van der Waals surface area (Å²) in [6, 6.07) is 0.377. The molecule has 0 spiro atoms. The lowest BCUT2D eigenvalue weighted by Gasteiger charge is -2.20. The minimum Gasteiger partial charge on any atom is -0.469 e. The molecule has 6 heteroatoms. The van der Waals surface area contributed by atoms with Crippen LogP contribution in [0.1, 0.15) is 25.7 Å². The zero-order chi connectivity index (χ0) is 14.3. The van der Waals surface area contributed by atoms with E-state index < -0.39 is 0 Å². The number of rotatable bonds is 3. The normalized spacial score (nSPS) is 29.9. The molecule has 0 bridgehead atoms. The van der Waals surface area contributed by atoms with Gasteiger partial charge in [0.25, 0.3) is 0 Å². The van der Waals surface area contributed by atoms with Crippen LogP contribution in [-0.2, 0) is 19.1 Å². The van der Waals surface area contributed by atoms with Crippen molar-refractivity contribution in [1.82, 2.24) is 9.80 Å². The number of hydrogen-bond acceptors (Lipinski definition) is 4. The molecule has 0 aromatic rings. The van der Waals surface area contributed by atoms with Crippen LogP contribution >= 0.6 is 0 Å². The van der Waals surface area contributed by atoms with Gasteiger partial charge in [0.1, 0.15) is 0 Å². The molecule has 0 N–H and O–H groups in total. The molecule has 3 fully saturated rings. The van der Waals surface area contributed by atoms with E-state index in [2.05, 4.69) is 0 Å². The van der Waals surface area contributed by atoms with Crippen LogP contribution in [0.5, 0.6) is 0 Å². The van der Waals surface area contributed by atoms with Gasteiger partial charge in [0.05, 0.1) is 18.9 Å². The van der Waals surface area contributed by atoms with Gasteiger partial charge in [-0.2, -0.15) is 0 Å². The largest absolute Gasteiger partial charge is 0.469 e. The highest BCUT2D eigenvalue weighted by molar-refractivity contribution is 5.90. The highest BCUT2D eigenvalue weighted by Gasteiger charge is 2.44. The van der Waals surface area contributed by atoms with Crippen LogP contribution in [0.25, 0.3) is 0 Å². The maximum Gasteiger partial charge on any atom is 0.310 e. The molecule has 2 heterocycles. The number of carbonyl (C=O) groups is 3. The van der Waals surface area contributed by atoms with Crippen molar-refractivity contribution >= 4 is 17.8 Å². The van der Waals surface area contributed by atoms with Crippen LogP contribution in [0, 0.1) is 11.8 Å². The minimum atomic E-state index is -0.248. The molecular weight excluding hydrogens is 260 g/mol. The smallest absolute Gasteiger partial charge is 0.310 e. The zero-order valence-corrected chi connectivity index (χ0v) is 11.7. The van der Waals surface area contributed by atoms with E-state index in [1.807, 2.05) is 4.90 Å². The van der Waals surface area contributed by atoms with Crippen molar-refractivity contribution in [2.75, 3.05) is 26.7 Å². The molecule has 2 aliphatic heterocycles. The maximum absolute atomic E-state index is 12.4. The summed E-state index contributed by atoms with van der Waals surface area (Å²) < 4.78 is 4.72. The highest BCUT2D eigenvalue weighted by atomic mass is 16.5. The zero-order valence-electron chi connectivity index (χ0n) is 11.7. The van der Waals surface area contributed by atoms with E-state index in [1.54, 1.807) is 4.90 Å². The standard InChI is InChI=1S/C14H20N2O4/c1-20-14(19)9-4-5-15(7-9)13(18)10-6-12(17)16(8-10)11-2-3-11/h9-11H,2-8H2,1H3. The number of methoxy groups -OCH3 is 1. The minimum absolute atomic E-state index is 0.0212. The molecule has 110 valence electrons. The predicted molar refractivity (Wildman–Crippen MR) is 69.5 cm³/mol. The monoisotopic (exact) mass is 280 g/mol. The van der Waals surface area contributed by atoms with Crippen molar-refractivity contribution in [1.29, 1.82) is 0 Å². The first kappa shape index (κ1) is 13.4. The number of ether oxygens (including phenoxy) is 1. The van der Waals surface area contributed by atoms with Gasteiger partial charge < -0.3 is 14.5 Å². The van der Waals surface area contributed by atoms with Gasteiger partial charge in [-0.25, -0.2) is 0 Å². The first-order valence-corrected chi connectivity index (χ1v) is 7.26. The number of hydrogen-bond donors (Lipinski definition) is 0. The van der Waals surface area contributed by atoms with E-state index in [9.17, 15) is 14.4 Å². The molecule has 20 heavy (non-hydrogen) atoms. The maximum atomic E-state index is 12.4. The molecule has 2 atom stereocenters. The van der Waals surface area contributed by atoms with Gasteiger partial charge in [-0.3, -0.25) is 14.4 Å². The number of carbonyl (C=O) groups excluding carboxylic acids is 3. The summed E-state index contributed by atoms with van der Waals surface area (Å²) >= 11 is 0. The molecule has 3 rings (SSSR count). The van der Waals surface area contributed by atoms with Gasteiger partial charge in [-0.15, -0.1) is 0 Å². The van der Waals surface area contributed by atoms with E-state index >= 15 is 0 Å². The van der Waals surface area contributed by atoms with Crippen molar-refractivity contribution in [2.45, 2.75) is 31.7 Å². The molecule has 6 nitrogen and oxygen atoms in total. The topological polar surface area (TPSA) is 66.9 Å². The summed E-state index contributed by atoms with van der Waals surface area (Å²) in [6.07, 6.45) is 3.13. The van der Waals surface area contributed by atoms with Gasteiger partial charge in [0.15, 0.2) is 0 Å². The molecule has 3 aliphatic rings. The number of esters is 1. The van der Waals surface area contributed by atoms with Gasteiger partial charge in [-0.05, 0) is 19.3 Å². The number of likely N-dealkylation sites (tertiary alicyclic amines) is 2. The Hall–Kier alpha value is -1.59. The summed E-state index contributed by atoms with van der Waals surface area (Å²) in [4.78, 5) is 39.4. The molecule has 2 amide bonds. The summed E-state index contributed by atoms with van der Waals surface area (Å²) in [5, 5.41) is 0. The van der Waals surface area contributed by atoms with Crippen molar-refractivity contribution in [3.8, 4) is 0 Å². The fourth-order valence-electron chi connectivity index (χ4n) is 3.21. The Kier molecular flexibility index (Phi) is 3.40. The van der Waals surface area contributed by atoms with Gasteiger partial charge in [0, 0.05) is 32.1 Å². The van der Waals surface area contributed by atoms with Gasteiger partial charge >= 0.3 is 5.97 Å². The third kappa shape index (κ3) is 2.39. The number of nitrogens with zero attached hydrogens (tertiary/aromatic N) is 2. The van der Waals surface area contributed by atoms with Gasteiger partial charge in [-0.1, -0.05) is 0 Å².